The predicted molar refractivity (Wildman–Crippen MR) is 178 cm³/mol. The van der Waals surface area contributed by atoms with Gasteiger partial charge in [-0.15, -0.1) is 0 Å². The van der Waals surface area contributed by atoms with E-state index in [1.165, 1.54) is 8.61 Å². The first kappa shape index (κ1) is 46.8. The molecule has 0 unspecified atom stereocenters. The summed E-state index contributed by atoms with van der Waals surface area (Å²) in [6.45, 7) is 12.2. The minimum absolute atomic E-state index is 0. The van der Waals surface area contributed by atoms with E-state index in [1.54, 1.807) is 0 Å². The van der Waals surface area contributed by atoms with Gasteiger partial charge in [0.05, 0.1) is 132 Å². The number of hydrogen-bond acceptors (Lipinski definition) is 10. The van der Waals surface area contributed by atoms with E-state index in [0.717, 1.165) is 0 Å². The Labute approximate surface area is 294 Å². The number of ether oxygens (including phenoxy) is 10. The van der Waals surface area contributed by atoms with Crippen LogP contribution in [0.15, 0.2) is 0 Å². The minimum atomic E-state index is 0. The predicted octanol–water partition coefficient (Wildman–Crippen LogP) is -4.97. The van der Waals surface area contributed by atoms with E-state index in [0.29, 0.717) is 164 Å². The second-order valence-corrected chi connectivity index (χ2v) is 7.02. The first-order valence-electron chi connectivity index (χ1n) is 12.6. The Hall–Kier alpha value is 1.35. The van der Waals surface area contributed by atoms with Crippen molar-refractivity contribution in [2.75, 3.05) is 160 Å². The Morgan fingerprint density at radius 1 is 0.268 bits per heavy atom. The second-order valence-electron chi connectivity index (χ2n) is 7.02. The third kappa shape index (κ3) is 65.1. The average Bonchev–Trinajstić information content (AvgIpc) is 2.87. The van der Waals surface area contributed by atoms with Gasteiger partial charge in [-0.3, -0.25) is 0 Å². The Morgan fingerprint density at radius 2 is 0.317 bits per heavy atom. The van der Waals surface area contributed by atoms with Crippen molar-refractivity contribution in [3.8, 4) is 0 Å². The quantitative estimate of drug-likeness (QED) is 0.227. The molecule has 0 amide bonds. The number of rotatable bonds is 0. The van der Waals surface area contributed by atoms with Gasteiger partial charge in [0.2, 0.25) is 0 Å². The average molecular weight is 721 g/mol. The summed E-state index contributed by atoms with van der Waals surface area (Å²) in [4.78, 5) is 0. The molecule has 0 aromatic rings. The van der Waals surface area contributed by atoms with Crippen LogP contribution in [0.25, 0.3) is 0 Å². The summed E-state index contributed by atoms with van der Waals surface area (Å²) in [5.41, 5.74) is 0. The van der Waals surface area contributed by atoms with Crippen molar-refractivity contribution in [2.45, 2.75) is 0 Å². The first-order chi connectivity index (χ1) is 19.0. The third-order valence-electron chi connectivity index (χ3n) is 3.72. The van der Waals surface area contributed by atoms with E-state index < -0.39 is 0 Å². The van der Waals surface area contributed by atoms with Gasteiger partial charge < -0.3 is 56.0 Å². The summed E-state index contributed by atoms with van der Waals surface area (Å²) in [5, 5.41) is 0. The van der Waals surface area contributed by atoms with E-state index >= 15 is 0 Å². The van der Waals surface area contributed by atoms with Crippen LogP contribution in [0.1, 0.15) is 0 Å². The van der Waals surface area contributed by atoms with Crippen molar-refractivity contribution in [2.24, 2.45) is 0 Å². The van der Waals surface area contributed by atoms with Gasteiger partial charge in [-0.05, 0) is 28.2 Å². The molecule has 0 aromatic carbocycles. The molecular formula is C24H64B4BaN2O10. The van der Waals surface area contributed by atoms with E-state index in [-0.39, 0.29) is 48.9 Å². The van der Waals surface area contributed by atoms with Crippen molar-refractivity contribution < 1.29 is 56.0 Å². The van der Waals surface area contributed by atoms with E-state index in [9.17, 15) is 0 Å². The molecule has 2 aliphatic rings. The summed E-state index contributed by atoms with van der Waals surface area (Å²) < 4.78 is 55.8. The third-order valence-corrected chi connectivity index (χ3v) is 3.72. The Kier molecular flexibility index (Phi) is 40.9. The number of nitrogens with zero attached hydrogens (tertiary/aromatic N) is 2. The first-order valence-corrected chi connectivity index (χ1v) is 12.6. The van der Waals surface area contributed by atoms with Crippen molar-refractivity contribution >= 4 is 80.8 Å². The monoisotopic (exact) mass is 722 g/mol. The van der Waals surface area contributed by atoms with Crippen LogP contribution in [-0.2, 0) is 47.4 Å². The van der Waals surface area contributed by atoms with Gasteiger partial charge in [-0.25, -0.2) is 0 Å². The minimum Gasteiger partial charge on any atom is -0.741 e. The fraction of sp³-hybridized carbons (Fsp3) is 1.00. The maximum atomic E-state index is 5.28. The molecular weight excluding hydrogens is 657 g/mol. The number of hydrogen-bond donors (Lipinski definition) is 0. The molecule has 0 bridgehead atoms. The maximum Gasteiger partial charge on any atom is 2.00 e. The smallest absolute Gasteiger partial charge is 0.741 e. The van der Waals surface area contributed by atoms with E-state index in [2.05, 4.69) is 28.2 Å². The molecule has 244 valence electrons. The zero-order valence-electron chi connectivity index (χ0n) is 23.8. The molecule has 0 N–H and O–H groups in total. The molecule has 0 aromatic heterocycles. The zero-order valence-corrected chi connectivity index (χ0v) is 28.3. The van der Waals surface area contributed by atoms with Crippen LogP contribution >= 0.6 is 0 Å². The summed E-state index contributed by atoms with van der Waals surface area (Å²) >= 11 is 0. The van der Waals surface area contributed by atoms with Gasteiger partial charge in [-0.2, -0.15) is 0 Å². The molecule has 12 nitrogen and oxygen atoms in total. The molecule has 2 fully saturated rings. The normalized spacial score (nSPS) is 20.5. The van der Waals surface area contributed by atoms with Gasteiger partial charge in [0, 0.05) is 0 Å². The zero-order chi connectivity index (χ0) is 30.2. The molecule has 2 heterocycles. The molecule has 0 atom stereocenters. The van der Waals surface area contributed by atoms with Crippen molar-refractivity contribution in [1.82, 2.24) is 0 Å². The van der Waals surface area contributed by atoms with Crippen molar-refractivity contribution in [3.63, 3.8) is 0 Å². The van der Waals surface area contributed by atoms with Gasteiger partial charge >= 0.3 is 48.9 Å². The summed E-state index contributed by atoms with van der Waals surface area (Å²) in [6.07, 6.45) is 0. The summed E-state index contributed by atoms with van der Waals surface area (Å²) in [7, 11) is 12.0. The SMILES string of the molecule is C1COCCOCCOCCOCCO1.C1COCCOCCOCCOCCO1.[BH3-][N+]([BH3-])(C)C.[BH3-][N+]([BH3-])(C)C.[Ba+2]. The van der Waals surface area contributed by atoms with Crippen LogP contribution < -0.4 is 0 Å². The molecule has 0 spiro atoms. The largest absolute Gasteiger partial charge is 2.00 e. The maximum absolute atomic E-state index is 5.28. The fourth-order valence-corrected chi connectivity index (χ4v) is 2.20. The van der Waals surface area contributed by atoms with E-state index in [1.807, 2.05) is 0 Å². The van der Waals surface area contributed by atoms with Gasteiger partial charge in [-0.1, -0.05) is 0 Å². The molecule has 2 rings (SSSR count). The second kappa shape index (κ2) is 35.8. The van der Waals surface area contributed by atoms with Crippen LogP contribution in [0, 0.1) is 0 Å². The van der Waals surface area contributed by atoms with Crippen LogP contribution in [0.3, 0.4) is 0 Å². The van der Waals surface area contributed by atoms with Gasteiger partial charge in [0.1, 0.15) is 31.9 Å². The molecule has 0 aliphatic carbocycles. The van der Waals surface area contributed by atoms with Crippen LogP contribution in [0.5, 0.6) is 0 Å². The fourth-order valence-electron chi connectivity index (χ4n) is 2.20. The molecule has 41 heavy (non-hydrogen) atoms. The molecule has 2 aliphatic heterocycles. The van der Waals surface area contributed by atoms with Crippen LogP contribution in [0.4, 0.5) is 0 Å². The van der Waals surface area contributed by atoms with Gasteiger partial charge in [0.25, 0.3) is 0 Å². The molecule has 17 heteroatoms. The summed E-state index contributed by atoms with van der Waals surface area (Å²) in [5.74, 6) is 0. The van der Waals surface area contributed by atoms with E-state index in [4.69, 9.17) is 47.4 Å². The number of quaternary nitrogens is 2. The van der Waals surface area contributed by atoms with Gasteiger partial charge in [0.15, 0.2) is 0 Å². The topological polar surface area (TPSA) is 92.3 Å². The van der Waals surface area contributed by atoms with Crippen LogP contribution in [0.2, 0.25) is 0 Å². The Morgan fingerprint density at radius 3 is 0.366 bits per heavy atom. The Bertz CT molecular complexity index is 329. The molecule has 0 saturated carbocycles. The van der Waals surface area contributed by atoms with Crippen molar-refractivity contribution in [3.05, 3.63) is 0 Å². The summed E-state index contributed by atoms with van der Waals surface area (Å²) in [6, 6.07) is 0. The van der Waals surface area contributed by atoms with Crippen LogP contribution in [-0.4, -0.2) is 250 Å². The molecule has 2 saturated heterocycles. The standard InChI is InChI=1S/2C10H20O5.2C2H12B2N.Ba/c2*1-2-12-5-6-14-9-10-15-8-7-13-4-3-11-1;2*1-5(2,3)4;/h2*1-10H2;2*1-4H3;/q;;2*-1;+2. The Balaban J connectivity index is -0.000000523. The van der Waals surface area contributed by atoms with Crippen molar-refractivity contribution in [1.29, 1.82) is 0 Å². The molecule has 0 radical (unpaired) electrons.